The van der Waals surface area contributed by atoms with E-state index in [4.69, 9.17) is 5.11 Å². The first-order chi connectivity index (χ1) is 10.0. The maximum Gasteiger partial charge on any atom is 0.573 e. The van der Waals surface area contributed by atoms with Gasteiger partial charge in [0.1, 0.15) is 11.2 Å². The molecule has 0 saturated heterocycles. The van der Waals surface area contributed by atoms with Crippen LogP contribution in [0.5, 0.6) is 5.75 Å². The van der Waals surface area contributed by atoms with Gasteiger partial charge in [0.05, 0.1) is 6.42 Å². The van der Waals surface area contributed by atoms with E-state index in [1.807, 2.05) is 0 Å². The molecule has 0 spiro atoms. The zero-order chi connectivity index (χ0) is 17.0. The van der Waals surface area contributed by atoms with Crippen LogP contribution >= 0.6 is 0 Å². The summed E-state index contributed by atoms with van der Waals surface area (Å²) in [6.45, 7) is 1.31. The van der Waals surface area contributed by atoms with Crippen LogP contribution in [0.25, 0.3) is 0 Å². The van der Waals surface area contributed by atoms with Crippen LogP contribution in [0.4, 0.5) is 13.2 Å². The molecular formula is C14H13F3O5. The van der Waals surface area contributed by atoms with Gasteiger partial charge in [-0.25, -0.2) is 0 Å². The Balaban J connectivity index is 3.04. The van der Waals surface area contributed by atoms with Gasteiger partial charge in [0.25, 0.3) is 0 Å². The lowest BCUT2D eigenvalue weighted by atomic mass is 9.82. The molecule has 5 nitrogen and oxygen atoms in total. The van der Waals surface area contributed by atoms with E-state index in [1.54, 1.807) is 0 Å². The van der Waals surface area contributed by atoms with Crippen LogP contribution in [0.1, 0.15) is 18.9 Å². The standard InChI is InChI=1S/C14H13F3O5/c1-13(12(20)21,8-2-3-11(18)19)9-4-6-10(7-5-9)22-14(15,16)17/h2,4-8H,3H2,1H3,(H,18,19)(H,20,21)/b8-2+. The second-order valence-corrected chi connectivity index (χ2v) is 4.58. The topological polar surface area (TPSA) is 83.8 Å². The highest BCUT2D eigenvalue weighted by molar-refractivity contribution is 5.83. The molecule has 1 aromatic rings. The Kier molecular flexibility index (Phi) is 5.19. The van der Waals surface area contributed by atoms with Gasteiger partial charge < -0.3 is 14.9 Å². The predicted molar refractivity (Wildman–Crippen MR) is 69.5 cm³/mol. The summed E-state index contributed by atoms with van der Waals surface area (Å²) in [5, 5.41) is 17.8. The minimum atomic E-state index is -4.83. The predicted octanol–water partition coefficient (Wildman–Crippen LogP) is 2.96. The molecule has 0 aromatic heterocycles. The van der Waals surface area contributed by atoms with E-state index < -0.39 is 29.5 Å². The lowest BCUT2D eigenvalue weighted by Gasteiger charge is -2.21. The van der Waals surface area contributed by atoms with E-state index in [2.05, 4.69) is 4.74 Å². The third-order valence-electron chi connectivity index (χ3n) is 2.88. The van der Waals surface area contributed by atoms with Gasteiger partial charge in [-0.1, -0.05) is 24.3 Å². The molecule has 1 aromatic carbocycles. The van der Waals surface area contributed by atoms with Crippen molar-refractivity contribution in [1.29, 1.82) is 0 Å². The Morgan fingerprint density at radius 2 is 1.73 bits per heavy atom. The number of aliphatic carboxylic acids is 2. The Hall–Kier alpha value is -2.51. The highest BCUT2D eigenvalue weighted by Gasteiger charge is 2.34. The van der Waals surface area contributed by atoms with Crippen molar-refractivity contribution in [3.8, 4) is 5.75 Å². The number of halogens is 3. The number of carboxylic acid groups (broad SMARTS) is 2. The molecule has 22 heavy (non-hydrogen) atoms. The average molecular weight is 318 g/mol. The minimum Gasteiger partial charge on any atom is -0.481 e. The molecule has 0 heterocycles. The summed E-state index contributed by atoms with van der Waals surface area (Å²) in [6, 6.07) is 4.35. The summed E-state index contributed by atoms with van der Waals surface area (Å²) in [5.74, 6) is -2.87. The second-order valence-electron chi connectivity index (χ2n) is 4.58. The number of alkyl halides is 3. The third-order valence-corrected chi connectivity index (χ3v) is 2.88. The fourth-order valence-corrected chi connectivity index (χ4v) is 1.69. The van der Waals surface area contributed by atoms with Gasteiger partial charge in [0.2, 0.25) is 0 Å². The largest absolute Gasteiger partial charge is 0.573 e. The molecule has 120 valence electrons. The van der Waals surface area contributed by atoms with E-state index in [9.17, 15) is 27.9 Å². The first kappa shape index (κ1) is 17.5. The van der Waals surface area contributed by atoms with Crippen LogP contribution in [0, 0.1) is 0 Å². The van der Waals surface area contributed by atoms with Gasteiger partial charge in [-0.05, 0) is 24.6 Å². The normalized spacial score (nSPS) is 14.5. The number of rotatable bonds is 6. The van der Waals surface area contributed by atoms with Crippen molar-refractivity contribution in [2.75, 3.05) is 0 Å². The van der Waals surface area contributed by atoms with Gasteiger partial charge >= 0.3 is 18.3 Å². The summed E-state index contributed by atoms with van der Waals surface area (Å²) < 4.78 is 39.9. The molecule has 1 unspecified atom stereocenters. The van der Waals surface area contributed by atoms with E-state index in [1.165, 1.54) is 31.2 Å². The molecule has 0 bridgehead atoms. The molecule has 0 aliphatic heterocycles. The minimum absolute atomic E-state index is 0.191. The highest BCUT2D eigenvalue weighted by atomic mass is 19.4. The molecule has 0 amide bonds. The van der Waals surface area contributed by atoms with Gasteiger partial charge in [-0.2, -0.15) is 0 Å². The fraction of sp³-hybridized carbons (Fsp3) is 0.286. The first-order valence-corrected chi connectivity index (χ1v) is 6.04. The van der Waals surface area contributed by atoms with Crippen molar-refractivity contribution < 1.29 is 37.7 Å². The summed E-state index contributed by atoms with van der Waals surface area (Å²) in [7, 11) is 0. The van der Waals surface area contributed by atoms with E-state index in [-0.39, 0.29) is 12.0 Å². The van der Waals surface area contributed by atoms with Crippen molar-refractivity contribution in [2.45, 2.75) is 25.1 Å². The maximum absolute atomic E-state index is 12.1. The number of hydrogen-bond acceptors (Lipinski definition) is 3. The Morgan fingerprint density at radius 1 is 1.18 bits per heavy atom. The first-order valence-electron chi connectivity index (χ1n) is 6.04. The fourth-order valence-electron chi connectivity index (χ4n) is 1.69. The average Bonchev–Trinajstić information content (AvgIpc) is 2.36. The van der Waals surface area contributed by atoms with Crippen molar-refractivity contribution in [2.24, 2.45) is 0 Å². The Bertz CT molecular complexity index is 577. The molecule has 2 N–H and O–H groups in total. The molecule has 1 atom stereocenters. The lowest BCUT2D eigenvalue weighted by molar-refractivity contribution is -0.274. The summed E-state index contributed by atoms with van der Waals surface area (Å²) in [5.41, 5.74) is -1.37. The van der Waals surface area contributed by atoms with Gasteiger partial charge in [-0.3, -0.25) is 9.59 Å². The van der Waals surface area contributed by atoms with Crippen LogP contribution in [-0.2, 0) is 15.0 Å². The zero-order valence-corrected chi connectivity index (χ0v) is 11.4. The van der Waals surface area contributed by atoms with E-state index >= 15 is 0 Å². The second kappa shape index (κ2) is 6.50. The molecule has 0 radical (unpaired) electrons. The summed E-state index contributed by atoms with van der Waals surface area (Å²) in [6.07, 6.45) is -2.84. The lowest BCUT2D eigenvalue weighted by Crippen LogP contribution is -2.30. The van der Waals surface area contributed by atoms with Gasteiger partial charge in [0.15, 0.2) is 0 Å². The molecule has 8 heteroatoms. The molecule has 0 aliphatic rings. The zero-order valence-electron chi connectivity index (χ0n) is 11.4. The number of benzene rings is 1. The van der Waals surface area contributed by atoms with Crippen molar-refractivity contribution >= 4 is 11.9 Å². The monoisotopic (exact) mass is 318 g/mol. The van der Waals surface area contributed by atoms with Crippen LogP contribution < -0.4 is 4.74 Å². The van der Waals surface area contributed by atoms with E-state index in [0.29, 0.717) is 0 Å². The summed E-state index contributed by atoms with van der Waals surface area (Å²) in [4.78, 5) is 21.8. The maximum atomic E-state index is 12.1. The molecule has 0 fully saturated rings. The van der Waals surface area contributed by atoms with Crippen LogP contribution in [-0.4, -0.2) is 28.5 Å². The molecule has 0 aliphatic carbocycles. The molecule has 0 saturated carbocycles. The summed E-state index contributed by atoms with van der Waals surface area (Å²) >= 11 is 0. The number of hydrogen-bond donors (Lipinski definition) is 2. The molecule has 1 rings (SSSR count). The number of carboxylic acids is 2. The van der Waals surface area contributed by atoms with Crippen LogP contribution in [0.3, 0.4) is 0 Å². The number of carbonyl (C=O) groups is 2. The van der Waals surface area contributed by atoms with Crippen molar-refractivity contribution in [3.63, 3.8) is 0 Å². The third kappa shape index (κ3) is 4.80. The van der Waals surface area contributed by atoms with Crippen molar-refractivity contribution in [1.82, 2.24) is 0 Å². The Labute approximate surface area is 123 Å². The Morgan fingerprint density at radius 3 is 2.14 bits per heavy atom. The smallest absolute Gasteiger partial charge is 0.481 e. The highest BCUT2D eigenvalue weighted by Crippen LogP contribution is 2.29. The van der Waals surface area contributed by atoms with Crippen LogP contribution in [0.2, 0.25) is 0 Å². The van der Waals surface area contributed by atoms with Crippen LogP contribution in [0.15, 0.2) is 36.4 Å². The molecular weight excluding hydrogens is 305 g/mol. The van der Waals surface area contributed by atoms with Crippen molar-refractivity contribution in [3.05, 3.63) is 42.0 Å². The van der Waals surface area contributed by atoms with Gasteiger partial charge in [0, 0.05) is 0 Å². The number of ether oxygens (including phenoxy) is 1. The quantitative estimate of drug-likeness (QED) is 0.788. The van der Waals surface area contributed by atoms with Gasteiger partial charge in [-0.15, -0.1) is 13.2 Å². The van der Waals surface area contributed by atoms with E-state index in [0.717, 1.165) is 12.1 Å². The SMILES string of the molecule is CC(/C=C/CC(=O)O)(C(=O)O)c1ccc(OC(F)(F)F)cc1.